The molecule has 11 heavy (non-hydrogen) atoms. The van der Waals surface area contributed by atoms with Gasteiger partial charge in [-0.05, 0) is 18.8 Å². The molecule has 0 saturated heterocycles. The van der Waals surface area contributed by atoms with E-state index < -0.39 is 6.10 Å². The Balaban J connectivity index is 2.38. The average Bonchev–Trinajstić information content (AvgIpc) is 2.05. The molecule has 0 heterocycles. The summed E-state index contributed by atoms with van der Waals surface area (Å²) in [5.41, 5.74) is 0. The molecule has 0 radical (unpaired) electrons. The Hall–Kier alpha value is -0.370. The summed E-state index contributed by atoms with van der Waals surface area (Å²) in [7, 11) is 0. The summed E-state index contributed by atoms with van der Waals surface area (Å²) in [6.07, 6.45) is 5.26. The fraction of sp³-hybridized carbons (Fsp3) is 0.889. The van der Waals surface area contributed by atoms with E-state index in [1.165, 1.54) is 19.3 Å². The van der Waals surface area contributed by atoms with E-state index in [1.54, 1.807) is 6.92 Å². The Morgan fingerprint density at radius 2 is 1.91 bits per heavy atom. The summed E-state index contributed by atoms with van der Waals surface area (Å²) in [5.74, 6) is 0.491. The van der Waals surface area contributed by atoms with Crippen LogP contribution in [0.3, 0.4) is 0 Å². The molecule has 64 valence electrons. The predicted octanol–water partition coefficient (Wildman–Crippen LogP) is 1.49. The second kappa shape index (κ2) is 3.86. The summed E-state index contributed by atoms with van der Waals surface area (Å²) in [5, 5.41) is 9.46. The van der Waals surface area contributed by atoms with Crippen LogP contribution in [0.25, 0.3) is 0 Å². The van der Waals surface area contributed by atoms with E-state index in [9.17, 15) is 5.11 Å². The average molecular weight is 157 g/mol. The minimum absolute atomic E-state index is 0.178. The molecule has 1 atom stereocenters. The molecule has 0 spiro atoms. The summed E-state index contributed by atoms with van der Waals surface area (Å²) in [6, 6.07) is 0. The van der Waals surface area contributed by atoms with Gasteiger partial charge in [-0.3, -0.25) is 4.79 Å². The number of carbonyl (C=O) groups excluding carboxylic acids is 1. The molecular weight excluding hydrogens is 140 g/mol. The van der Waals surface area contributed by atoms with E-state index in [0.717, 1.165) is 12.8 Å². The van der Waals surface area contributed by atoms with Gasteiger partial charge in [0.15, 0.2) is 6.10 Å². The van der Waals surface area contributed by atoms with E-state index in [1.807, 2.05) is 0 Å². The smallest absolute Gasteiger partial charge is 0.318 e. The van der Waals surface area contributed by atoms with E-state index in [0.29, 0.717) is 5.92 Å². The summed E-state index contributed by atoms with van der Waals surface area (Å²) < 4.78 is 0. The fourth-order valence-electron chi connectivity index (χ4n) is 1.79. The van der Waals surface area contributed by atoms with Gasteiger partial charge in [0, 0.05) is 6.92 Å². The number of aliphatic hydroxyl groups excluding tert-OH is 1. The van der Waals surface area contributed by atoms with Crippen LogP contribution >= 0.6 is 0 Å². The molecule has 1 aliphatic carbocycles. The van der Waals surface area contributed by atoms with Crippen molar-refractivity contribution in [3.8, 4) is 0 Å². The van der Waals surface area contributed by atoms with E-state index in [2.05, 4.69) is 0 Å². The molecule has 2 nitrogen and oxygen atoms in total. The van der Waals surface area contributed by atoms with Crippen LogP contribution in [0.2, 0.25) is 0 Å². The molecule has 0 bridgehead atoms. The molecular formula is C9H17O2+. The van der Waals surface area contributed by atoms with Gasteiger partial charge < -0.3 is 5.11 Å². The van der Waals surface area contributed by atoms with Crippen LogP contribution in [-0.4, -0.2) is 21.8 Å². The normalized spacial score (nSPS) is 23.1. The molecule has 0 amide bonds. The van der Waals surface area contributed by atoms with Crippen molar-refractivity contribution < 1.29 is 9.90 Å². The molecule has 1 aliphatic rings. The van der Waals surface area contributed by atoms with Gasteiger partial charge in [-0.15, -0.1) is 0 Å². The van der Waals surface area contributed by atoms with Crippen molar-refractivity contribution in [1.29, 1.82) is 0 Å². The maximum Gasteiger partial charge on any atom is 0.318 e. The molecule has 0 aromatic carbocycles. The van der Waals surface area contributed by atoms with Gasteiger partial charge in [0.25, 0.3) is 0 Å². The number of rotatable bonds is 2. The van der Waals surface area contributed by atoms with Gasteiger partial charge in [0.2, 0.25) is 0 Å². The Kier molecular flexibility index (Phi) is 3.06. The Morgan fingerprint density at radius 3 is 2.36 bits per heavy atom. The Bertz CT molecular complexity index is 136. The van der Waals surface area contributed by atoms with Crippen molar-refractivity contribution in [2.75, 3.05) is 0 Å². The van der Waals surface area contributed by atoms with Crippen LogP contribution in [0, 0.1) is 5.92 Å². The Morgan fingerprint density at radius 1 is 1.36 bits per heavy atom. The first-order chi connectivity index (χ1) is 5.22. The molecule has 1 fully saturated rings. The van der Waals surface area contributed by atoms with Gasteiger partial charge in [0.05, 0.1) is 0 Å². The number of aliphatic hydroxyl groups is 1. The van der Waals surface area contributed by atoms with Crippen LogP contribution < -0.4 is 0 Å². The van der Waals surface area contributed by atoms with Gasteiger partial charge >= 0.3 is 5.78 Å². The first-order valence-electron chi connectivity index (χ1n) is 4.42. The van der Waals surface area contributed by atoms with Crippen molar-refractivity contribution in [2.45, 2.75) is 45.1 Å². The van der Waals surface area contributed by atoms with Crippen molar-refractivity contribution in [2.24, 2.45) is 5.92 Å². The van der Waals surface area contributed by atoms with Crippen LogP contribution in [0.5, 0.6) is 0 Å². The highest BCUT2D eigenvalue weighted by molar-refractivity contribution is 5.81. The third-order valence-corrected chi connectivity index (χ3v) is 2.52. The van der Waals surface area contributed by atoms with Crippen molar-refractivity contribution in [1.82, 2.24) is 0 Å². The zero-order valence-corrected chi connectivity index (χ0v) is 7.08. The molecule has 2 heteroatoms. The summed E-state index contributed by atoms with van der Waals surface area (Å²) in [6.45, 7) is 1.58. The van der Waals surface area contributed by atoms with Gasteiger partial charge in [-0.25, -0.2) is 0 Å². The summed E-state index contributed by atoms with van der Waals surface area (Å²) >= 11 is 0. The number of ketones is 1. The molecule has 1 rings (SSSR count). The first kappa shape index (κ1) is 8.72. The van der Waals surface area contributed by atoms with Crippen molar-refractivity contribution >= 4 is 5.78 Å². The van der Waals surface area contributed by atoms with Crippen molar-refractivity contribution in [3.63, 3.8) is 0 Å². The lowest BCUT2D eigenvalue weighted by Gasteiger charge is -2.22. The van der Waals surface area contributed by atoms with E-state index >= 15 is 0 Å². The highest BCUT2D eigenvalue weighted by atomic mass is 16.3. The monoisotopic (exact) mass is 157 g/mol. The molecule has 0 aliphatic heterocycles. The molecule has 0 aromatic rings. The highest BCUT2D eigenvalue weighted by Crippen LogP contribution is 2.26. The quantitative estimate of drug-likeness (QED) is 0.606. The minimum atomic E-state index is -0.574. The SMILES string of the molecule is CC(=[OH+])[C@@H](O)C1CCCCC1. The zero-order chi connectivity index (χ0) is 8.27. The van der Waals surface area contributed by atoms with Gasteiger partial charge in [-0.1, -0.05) is 19.3 Å². The van der Waals surface area contributed by atoms with Crippen LogP contribution in [-0.2, 0) is 0 Å². The third kappa shape index (κ3) is 2.29. The Labute approximate surface area is 67.6 Å². The lowest BCUT2D eigenvalue weighted by atomic mass is 9.84. The van der Waals surface area contributed by atoms with E-state index in [-0.39, 0.29) is 5.78 Å². The molecule has 0 aromatic heterocycles. The number of hydrogen-bond acceptors (Lipinski definition) is 1. The first-order valence-corrected chi connectivity index (χ1v) is 4.42. The molecule has 2 N–H and O–H groups in total. The lowest BCUT2D eigenvalue weighted by Crippen LogP contribution is -2.29. The maximum absolute atomic E-state index is 9.46. The third-order valence-electron chi connectivity index (χ3n) is 2.52. The summed E-state index contributed by atoms with van der Waals surface area (Å²) in [4.78, 5) is 9.04. The predicted molar refractivity (Wildman–Crippen MR) is 45.2 cm³/mol. The van der Waals surface area contributed by atoms with Crippen LogP contribution in [0.1, 0.15) is 39.0 Å². The standard InChI is InChI=1S/C9H16O2/c1-7(10)9(11)8-5-3-2-4-6-8/h8-9,11H,2-6H2,1H3/p+1/t9-/m1/s1. The second-order valence-electron chi connectivity index (χ2n) is 3.48. The number of hydrogen-bond donors (Lipinski definition) is 1. The van der Waals surface area contributed by atoms with Crippen LogP contribution in [0.15, 0.2) is 0 Å². The minimum Gasteiger partial charge on any atom is -0.379 e. The lowest BCUT2D eigenvalue weighted by molar-refractivity contribution is 0.134. The van der Waals surface area contributed by atoms with Gasteiger partial charge in [0.1, 0.15) is 0 Å². The maximum atomic E-state index is 9.46. The highest BCUT2D eigenvalue weighted by Gasteiger charge is 2.27. The molecule has 0 unspecified atom stereocenters. The second-order valence-corrected chi connectivity index (χ2v) is 3.48. The fourth-order valence-corrected chi connectivity index (χ4v) is 1.79. The molecule has 1 saturated carbocycles. The van der Waals surface area contributed by atoms with E-state index in [4.69, 9.17) is 4.79 Å². The topological polar surface area (TPSA) is 41.6 Å². The van der Waals surface area contributed by atoms with Crippen molar-refractivity contribution in [3.05, 3.63) is 0 Å². The largest absolute Gasteiger partial charge is 0.379 e. The van der Waals surface area contributed by atoms with Crippen LogP contribution in [0.4, 0.5) is 0 Å². The zero-order valence-electron chi connectivity index (χ0n) is 7.08. The van der Waals surface area contributed by atoms with Gasteiger partial charge in [-0.2, -0.15) is 0 Å².